The second-order valence-electron chi connectivity index (χ2n) is 8.09. The molecule has 0 amide bonds. The Morgan fingerprint density at radius 2 is 1.03 bits per heavy atom. The summed E-state index contributed by atoms with van der Waals surface area (Å²) in [6, 6.07) is 6.52. The van der Waals surface area contributed by atoms with Crippen molar-refractivity contribution in [3.63, 3.8) is 0 Å². The van der Waals surface area contributed by atoms with Crippen molar-refractivity contribution in [2.75, 3.05) is 5.73 Å². The molecule has 0 unspecified atom stereocenters. The van der Waals surface area contributed by atoms with Crippen molar-refractivity contribution < 1.29 is 39.6 Å². The van der Waals surface area contributed by atoms with Crippen LogP contribution in [0.4, 0.5) is 5.69 Å². The van der Waals surface area contributed by atoms with Crippen molar-refractivity contribution in [2.45, 2.75) is 0 Å². The first-order chi connectivity index (χ1) is 16.1. The summed E-state index contributed by atoms with van der Waals surface area (Å²) in [6.45, 7) is 0. The average molecular weight is 456 g/mol. The molecule has 0 spiro atoms. The molecule has 7 N–H and O–H groups in total. The highest BCUT2D eigenvalue weighted by Gasteiger charge is 2.30. The largest absolute Gasteiger partial charge is 0.478 e. The number of aromatic nitrogens is 1. The van der Waals surface area contributed by atoms with Crippen LogP contribution in [0.1, 0.15) is 41.4 Å². The lowest BCUT2D eigenvalue weighted by Crippen LogP contribution is -2.08. The highest BCUT2D eigenvalue weighted by atomic mass is 16.4. The van der Waals surface area contributed by atoms with Crippen LogP contribution < -0.4 is 5.73 Å². The number of nitrogens with one attached hydrogen (secondary N) is 1. The molecule has 5 aromatic carbocycles. The van der Waals surface area contributed by atoms with E-state index in [2.05, 4.69) is 4.98 Å². The maximum absolute atomic E-state index is 12.1. The fourth-order valence-corrected chi connectivity index (χ4v) is 5.27. The van der Waals surface area contributed by atoms with Crippen molar-refractivity contribution >= 4 is 83.7 Å². The number of hydrogen-bond acceptors (Lipinski definition) is 5. The van der Waals surface area contributed by atoms with Gasteiger partial charge in [0, 0.05) is 54.4 Å². The molecule has 166 valence electrons. The Bertz CT molecular complexity index is 1930. The Morgan fingerprint density at radius 1 is 0.559 bits per heavy atom. The van der Waals surface area contributed by atoms with Gasteiger partial charge in [0.25, 0.3) is 0 Å². The SMILES string of the molecule is Nc1cc(C(=O)O)c2c(C(=O)O)cc3[nH]c4cc(C(=O)O)c5c(C(=O)O)ccc6c1c2c3c4c56. The van der Waals surface area contributed by atoms with Crippen molar-refractivity contribution in [3.05, 3.63) is 52.6 Å². The van der Waals surface area contributed by atoms with Crippen LogP contribution in [0, 0.1) is 0 Å². The summed E-state index contributed by atoms with van der Waals surface area (Å²) in [5.74, 6) is -5.35. The molecular weight excluding hydrogens is 444 g/mol. The number of nitrogens with two attached hydrogens (primary N) is 1. The van der Waals surface area contributed by atoms with E-state index in [4.69, 9.17) is 5.73 Å². The van der Waals surface area contributed by atoms with Crippen molar-refractivity contribution in [3.8, 4) is 0 Å². The predicted octanol–water partition coefficient (Wildman–Crippen LogP) is 4.03. The van der Waals surface area contributed by atoms with E-state index in [9.17, 15) is 39.6 Å². The normalized spacial score (nSPS) is 12.0. The number of benzene rings is 5. The minimum absolute atomic E-state index is 0.00808. The van der Waals surface area contributed by atoms with Crippen LogP contribution in [0.2, 0.25) is 0 Å². The summed E-state index contributed by atoms with van der Waals surface area (Å²) in [7, 11) is 0. The summed E-state index contributed by atoms with van der Waals surface area (Å²) in [6.07, 6.45) is 0. The van der Waals surface area contributed by atoms with Gasteiger partial charge in [-0.2, -0.15) is 0 Å². The van der Waals surface area contributed by atoms with E-state index in [-0.39, 0.29) is 38.7 Å². The number of anilines is 1. The van der Waals surface area contributed by atoms with Crippen molar-refractivity contribution in [1.82, 2.24) is 4.98 Å². The van der Waals surface area contributed by atoms with E-state index >= 15 is 0 Å². The van der Waals surface area contributed by atoms with Crippen LogP contribution in [0.25, 0.3) is 54.1 Å². The van der Waals surface area contributed by atoms with Gasteiger partial charge >= 0.3 is 23.9 Å². The third-order valence-electron chi connectivity index (χ3n) is 6.43. The third kappa shape index (κ3) is 2.13. The molecule has 1 heterocycles. The van der Waals surface area contributed by atoms with Gasteiger partial charge < -0.3 is 31.1 Å². The number of carboxylic acid groups (broad SMARTS) is 4. The summed E-state index contributed by atoms with van der Waals surface area (Å²) in [5.41, 5.74) is 6.02. The standard InChI is InChI=1S/C24H12N2O8/c25-11-3-8(22(29)30)15-10(24(33)34)5-13-19-18-12(26-13)4-9(23(31)32)14-7(21(27)28)2-1-6(17(14)18)16(11)20(15)19/h1-5,26H,25H2,(H,27,28)(H,29,30)(H,31,32)(H,33,34). The molecule has 0 aliphatic rings. The van der Waals surface area contributed by atoms with Crippen LogP contribution in [-0.2, 0) is 0 Å². The highest BCUT2D eigenvalue weighted by Crippen LogP contribution is 2.49. The lowest BCUT2D eigenvalue weighted by atomic mass is 9.83. The second-order valence-corrected chi connectivity index (χ2v) is 8.09. The molecule has 6 rings (SSSR count). The number of fused-ring (bicyclic) bond motifs is 1. The Kier molecular flexibility index (Phi) is 3.46. The van der Waals surface area contributed by atoms with Gasteiger partial charge in [-0.3, -0.25) is 0 Å². The summed E-state index contributed by atoms with van der Waals surface area (Å²) < 4.78 is 0. The highest BCUT2D eigenvalue weighted by molar-refractivity contribution is 6.45. The molecule has 0 radical (unpaired) electrons. The zero-order valence-corrected chi connectivity index (χ0v) is 16.9. The molecule has 6 aromatic rings. The first-order valence-corrected chi connectivity index (χ1v) is 9.89. The molecule has 0 aliphatic heterocycles. The molecule has 1 aromatic heterocycles. The number of nitrogen functional groups attached to an aromatic ring is 1. The monoisotopic (exact) mass is 456 g/mol. The van der Waals surface area contributed by atoms with Gasteiger partial charge in [-0.15, -0.1) is 0 Å². The summed E-state index contributed by atoms with van der Waals surface area (Å²) in [5, 5.41) is 41.6. The first kappa shape index (κ1) is 19.6. The summed E-state index contributed by atoms with van der Waals surface area (Å²) in [4.78, 5) is 51.3. The van der Waals surface area contributed by atoms with Crippen LogP contribution in [0.5, 0.6) is 0 Å². The summed E-state index contributed by atoms with van der Waals surface area (Å²) >= 11 is 0. The number of carboxylic acids is 4. The number of H-pyrrole nitrogens is 1. The molecular formula is C24H12N2O8. The van der Waals surface area contributed by atoms with E-state index in [0.29, 0.717) is 43.4 Å². The molecule has 0 fully saturated rings. The van der Waals surface area contributed by atoms with Crippen molar-refractivity contribution in [1.29, 1.82) is 0 Å². The van der Waals surface area contributed by atoms with Gasteiger partial charge in [-0.05, 0) is 29.7 Å². The number of rotatable bonds is 4. The Balaban J connectivity index is 2.08. The zero-order valence-electron chi connectivity index (χ0n) is 16.9. The molecule has 0 atom stereocenters. The Hall–Kier alpha value is -5.12. The lowest BCUT2D eigenvalue weighted by molar-refractivity contribution is 0.0681. The fraction of sp³-hybridized carbons (Fsp3) is 0. The van der Waals surface area contributed by atoms with Crippen LogP contribution >= 0.6 is 0 Å². The quantitative estimate of drug-likeness (QED) is 0.129. The molecule has 0 saturated carbocycles. The van der Waals surface area contributed by atoms with E-state index in [1.54, 1.807) is 0 Å². The predicted molar refractivity (Wildman–Crippen MR) is 123 cm³/mol. The van der Waals surface area contributed by atoms with E-state index < -0.39 is 23.9 Å². The number of carbonyl (C=O) groups is 4. The van der Waals surface area contributed by atoms with Gasteiger partial charge in [0.15, 0.2) is 0 Å². The molecule has 10 heteroatoms. The lowest BCUT2D eigenvalue weighted by Gasteiger charge is -2.19. The van der Waals surface area contributed by atoms with Gasteiger partial charge in [0.05, 0.1) is 22.3 Å². The third-order valence-corrected chi connectivity index (χ3v) is 6.43. The van der Waals surface area contributed by atoms with Crippen LogP contribution in [0.15, 0.2) is 30.3 Å². The topological polar surface area (TPSA) is 191 Å². The van der Waals surface area contributed by atoms with Gasteiger partial charge in [-0.25, -0.2) is 19.2 Å². The van der Waals surface area contributed by atoms with Crippen LogP contribution in [-0.4, -0.2) is 49.3 Å². The zero-order chi connectivity index (χ0) is 24.2. The maximum Gasteiger partial charge on any atom is 0.336 e. The minimum atomic E-state index is -1.36. The van der Waals surface area contributed by atoms with Gasteiger partial charge in [-0.1, -0.05) is 6.07 Å². The van der Waals surface area contributed by atoms with Gasteiger partial charge in [0.1, 0.15) is 0 Å². The van der Waals surface area contributed by atoms with Crippen molar-refractivity contribution in [2.24, 2.45) is 0 Å². The van der Waals surface area contributed by atoms with Gasteiger partial charge in [0.2, 0.25) is 0 Å². The Morgan fingerprint density at radius 3 is 1.56 bits per heavy atom. The molecule has 0 bridgehead atoms. The second kappa shape index (κ2) is 6.01. The smallest absolute Gasteiger partial charge is 0.336 e. The van der Waals surface area contributed by atoms with E-state index in [1.807, 2.05) is 0 Å². The number of aromatic amines is 1. The number of hydrogen-bond donors (Lipinski definition) is 6. The average Bonchev–Trinajstić information content (AvgIpc) is 3.15. The molecule has 10 nitrogen and oxygen atoms in total. The van der Waals surface area contributed by atoms with E-state index in [1.165, 1.54) is 30.3 Å². The number of aromatic carboxylic acids is 4. The maximum atomic E-state index is 12.1. The minimum Gasteiger partial charge on any atom is -0.478 e. The Labute approximate surface area is 187 Å². The van der Waals surface area contributed by atoms with E-state index in [0.717, 1.165) is 0 Å². The molecule has 0 aliphatic carbocycles. The first-order valence-electron chi connectivity index (χ1n) is 9.89. The fourth-order valence-electron chi connectivity index (χ4n) is 5.27. The van der Waals surface area contributed by atoms with Crippen LogP contribution in [0.3, 0.4) is 0 Å². The molecule has 0 saturated heterocycles. The molecule has 34 heavy (non-hydrogen) atoms.